The van der Waals surface area contributed by atoms with Gasteiger partial charge in [-0.05, 0) is 12.1 Å². The van der Waals surface area contributed by atoms with E-state index in [1.54, 1.807) is 0 Å². The van der Waals surface area contributed by atoms with E-state index in [9.17, 15) is 24.8 Å². The zero-order chi connectivity index (χ0) is 15.4. The Kier molecular flexibility index (Phi) is 4.26. The fourth-order valence-corrected chi connectivity index (χ4v) is 1.38. The fourth-order valence-electron chi connectivity index (χ4n) is 1.38. The molecule has 3 N–H and O–H groups in total. The van der Waals surface area contributed by atoms with E-state index >= 15 is 0 Å². The van der Waals surface area contributed by atoms with Crippen LogP contribution in [0.4, 0.5) is 5.69 Å². The zero-order valence-electron chi connectivity index (χ0n) is 10.1. The number of ether oxygens (including phenoxy) is 1. The molecule has 1 rings (SSSR count). The van der Waals surface area contributed by atoms with E-state index in [2.05, 4.69) is 4.74 Å². The van der Waals surface area contributed by atoms with E-state index in [0.29, 0.717) is 6.08 Å². The van der Waals surface area contributed by atoms with Gasteiger partial charge in [0.1, 0.15) is 5.57 Å². The third kappa shape index (κ3) is 3.02. The lowest BCUT2D eigenvalue weighted by Gasteiger charge is -2.05. The summed E-state index contributed by atoms with van der Waals surface area (Å²) in [5.41, 5.74) is -2.04. The highest BCUT2D eigenvalue weighted by molar-refractivity contribution is 6.16. The number of aromatic hydroxyl groups is 1. The summed E-state index contributed by atoms with van der Waals surface area (Å²) in [7, 11) is 1.17. The Morgan fingerprint density at radius 2 is 1.85 bits per heavy atom. The van der Waals surface area contributed by atoms with Gasteiger partial charge in [-0.15, -0.1) is 0 Å². The number of nitrogens with zero attached hydrogens (tertiary/aromatic N) is 1. The molecular formula is C11H9NO8. The highest BCUT2D eigenvalue weighted by Gasteiger charge is 2.22. The van der Waals surface area contributed by atoms with Crippen LogP contribution in [-0.4, -0.2) is 39.3 Å². The second kappa shape index (κ2) is 5.69. The van der Waals surface area contributed by atoms with Crippen molar-refractivity contribution >= 4 is 23.7 Å². The Labute approximate surface area is 111 Å². The second-order valence-corrected chi connectivity index (χ2v) is 3.51. The molecule has 1 aromatic carbocycles. The van der Waals surface area contributed by atoms with Crippen LogP contribution in [0, 0.1) is 10.1 Å². The summed E-state index contributed by atoms with van der Waals surface area (Å²) >= 11 is 0. The summed E-state index contributed by atoms with van der Waals surface area (Å²) in [5.74, 6) is -4.20. The third-order valence-corrected chi connectivity index (χ3v) is 2.29. The van der Waals surface area contributed by atoms with Gasteiger partial charge in [0.15, 0.2) is 11.5 Å². The van der Waals surface area contributed by atoms with Crippen molar-refractivity contribution in [1.29, 1.82) is 0 Å². The molecule has 1 aromatic rings. The predicted octanol–water partition coefficient (Wildman–Crippen LogP) is 0.862. The van der Waals surface area contributed by atoms with E-state index in [4.69, 9.17) is 10.2 Å². The number of rotatable bonds is 5. The average Bonchev–Trinajstić information content (AvgIpc) is 2.34. The molecule has 0 aliphatic rings. The maximum Gasteiger partial charge on any atom is 0.343 e. The van der Waals surface area contributed by atoms with Crippen molar-refractivity contribution in [3.63, 3.8) is 0 Å². The molecule has 0 saturated carbocycles. The Balaban J connectivity index is 3.55. The zero-order valence-corrected chi connectivity index (χ0v) is 10.1. The van der Waals surface area contributed by atoms with E-state index in [-0.39, 0.29) is 11.3 Å². The average molecular weight is 283 g/mol. The first-order valence-corrected chi connectivity index (χ1v) is 5.01. The maximum atomic E-state index is 10.9. The molecule has 0 spiro atoms. The Bertz CT molecular complexity index is 603. The number of nitro groups is 1. The molecule has 0 saturated heterocycles. The van der Waals surface area contributed by atoms with Gasteiger partial charge in [-0.2, -0.15) is 0 Å². The van der Waals surface area contributed by atoms with Crippen LogP contribution < -0.4 is 4.74 Å². The van der Waals surface area contributed by atoms with Crippen LogP contribution in [0.15, 0.2) is 17.7 Å². The third-order valence-electron chi connectivity index (χ3n) is 2.29. The summed E-state index contributed by atoms with van der Waals surface area (Å²) in [4.78, 5) is 31.5. The number of methoxy groups -OCH3 is 1. The predicted molar refractivity (Wildman–Crippen MR) is 64.6 cm³/mol. The summed E-state index contributed by atoms with van der Waals surface area (Å²) < 4.78 is 4.68. The standard InChI is InChI=1S/C11H9NO8/c1-20-9-4-7(12(18)19)5(3-8(9)13)2-6(10(14)15)11(16)17/h2-4,13H,1H3,(H,14,15)(H,16,17). The number of carbonyl (C=O) groups is 2. The van der Waals surface area contributed by atoms with E-state index in [1.165, 1.54) is 7.11 Å². The highest BCUT2D eigenvalue weighted by atomic mass is 16.6. The molecule has 9 heteroatoms. The quantitative estimate of drug-likeness (QED) is 0.237. The molecule has 0 aliphatic heterocycles. The monoisotopic (exact) mass is 283 g/mol. The lowest BCUT2D eigenvalue weighted by molar-refractivity contribution is -0.385. The number of carboxylic acids is 2. The van der Waals surface area contributed by atoms with Crippen molar-refractivity contribution in [3.8, 4) is 11.5 Å². The Morgan fingerprint density at radius 3 is 2.25 bits per heavy atom. The van der Waals surface area contributed by atoms with Gasteiger partial charge >= 0.3 is 11.9 Å². The van der Waals surface area contributed by atoms with Crippen molar-refractivity contribution in [1.82, 2.24) is 0 Å². The molecule has 0 amide bonds. The molecule has 106 valence electrons. The van der Waals surface area contributed by atoms with Gasteiger partial charge in [-0.25, -0.2) is 9.59 Å². The molecule has 0 heterocycles. The minimum absolute atomic E-state index is 0.193. The van der Waals surface area contributed by atoms with Gasteiger partial charge in [-0.1, -0.05) is 0 Å². The van der Waals surface area contributed by atoms with Gasteiger partial charge in [0.05, 0.1) is 23.7 Å². The van der Waals surface area contributed by atoms with E-state index in [1.807, 2.05) is 0 Å². The molecule has 0 unspecified atom stereocenters. The van der Waals surface area contributed by atoms with Crippen LogP contribution in [0.3, 0.4) is 0 Å². The lowest BCUT2D eigenvalue weighted by Crippen LogP contribution is -2.11. The van der Waals surface area contributed by atoms with Crippen LogP contribution in [0.25, 0.3) is 6.08 Å². The van der Waals surface area contributed by atoms with Crippen molar-refractivity contribution in [2.45, 2.75) is 0 Å². The number of hydrogen-bond acceptors (Lipinski definition) is 6. The summed E-state index contributed by atoms with van der Waals surface area (Å²) in [6.07, 6.45) is 0.585. The minimum Gasteiger partial charge on any atom is -0.504 e. The second-order valence-electron chi connectivity index (χ2n) is 3.51. The van der Waals surface area contributed by atoms with Crippen LogP contribution in [0.2, 0.25) is 0 Å². The van der Waals surface area contributed by atoms with Gasteiger partial charge in [0.2, 0.25) is 0 Å². The SMILES string of the molecule is COc1cc([N+](=O)[O-])c(C=C(C(=O)O)C(=O)O)cc1O. The number of hydrogen-bond donors (Lipinski definition) is 3. The Morgan fingerprint density at radius 1 is 1.30 bits per heavy atom. The molecule has 0 atom stereocenters. The van der Waals surface area contributed by atoms with Gasteiger partial charge < -0.3 is 20.1 Å². The smallest absolute Gasteiger partial charge is 0.343 e. The molecule has 20 heavy (non-hydrogen) atoms. The minimum atomic E-state index is -1.76. The number of phenolic OH excluding ortho intramolecular Hbond substituents is 1. The topological polar surface area (TPSA) is 147 Å². The van der Waals surface area contributed by atoms with E-state index in [0.717, 1.165) is 12.1 Å². The van der Waals surface area contributed by atoms with E-state index < -0.39 is 33.9 Å². The van der Waals surface area contributed by atoms with Gasteiger partial charge in [-0.3, -0.25) is 10.1 Å². The van der Waals surface area contributed by atoms with Crippen LogP contribution >= 0.6 is 0 Å². The highest BCUT2D eigenvalue weighted by Crippen LogP contribution is 2.34. The van der Waals surface area contributed by atoms with Crippen molar-refractivity contribution in [2.75, 3.05) is 7.11 Å². The molecular weight excluding hydrogens is 274 g/mol. The van der Waals surface area contributed by atoms with Crippen molar-refractivity contribution in [2.24, 2.45) is 0 Å². The first kappa shape index (κ1) is 15.0. The van der Waals surface area contributed by atoms with Gasteiger partial charge in [0.25, 0.3) is 5.69 Å². The normalized spacial score (nSPS) is 9.65. The number of aliphatic carboxylic acids is 2. The van der Waals surface area contributed by atoms with Crippen LogP contribution in [0.5, 0.6) is 11.5 Å². The summed E-state index contributed by atoms with van der Waals surface area (Å²) in [6.45, 7) is 0. The van der Waals surface area contributed by atoms with Crippen molar-refractivity contribution in [3.05, 3.63) is 33.4 Å². The molecule has 9 nitrogen and oxygen atoms in total. The Hall–Kier alpha value is -3.10. The molecule has 0 bridgehead atoms. The molecule has 0 radical (unpaired) electrons. The summed E-state index contributed by atoms with van der Waals surface area (Å²) in [6, 6.07) is 1.71. The lowest BCUT2D eigenvalue weighted by atomic mass is 10.1. The first-order chi connectivity index (χ1) is 9.27. The first-order valence-electron chi connectivity index (χ1n) is 5.01. The molecule has 0 aromatic heterocycles. The van der Waals surface area contributed by atoms with Crippen LogP contribution in [-0.2, 0) is 9.59 Å². The van der Waals surface area contributed by atoms with Crippen molar-refractivity contribution < 1.29 is 34.6 Å². The number of nitro benzene ring substituents is 1. The number of phenols is 1. The largest absolute Gasteiger partial charge is 0.504 e. The van der Waals surface area contributed by atoms with Gasteiger partial charge in [0, 0.05) is 0 Å². The maximum absolute atomic E-state index is 10.9. The fraction of sp³-hybridized carbons (Fsp3) is 0.0909. The molecule has 0 fully saturated rings. The summed E-state index contributed by atoms with van der Waals surface area (Å²) in [5, 5.41) is 37.8. The number of benzene rings is 1. The molecule has 0 aliphatic carbocycles. The van der Waals surface area contributed by atoms with Crippen LogP contribution in [0.1, 0.15) is 5.56 Å². The number of carboxylic acid groups (broad SMARTS) is 2.